The number of fused-ring (bicyclic) bond motifs is 1. The molecule has 2 heterocycles. The van der Waals surface area contributed by atoms with Crippen LogP contribution in [0.1, 0.15) is 22.9 Å². The zero-order valence-electron chi connectivity index (χ0n) is 19.4. The van der Waals surface area contributed by atoms with E-state index >= 15 is 0 Å². The van der Waals surface area contributed by atoms with Crippen LogP contribution in [0.2, 0.25) is 0 Å². The first-order valence-electron chi connectivity index (χ1n) is 11.0. The number of methoxy groups -OCH3 is 1. The molecule has 2 aromatic carbocycles. The van der Waals surface area contributed by atoms with Gasteiger partial charge in [-0.2, -0.15) is 0 Å². The summed E-state index contributed by atoms with van der Waals surface area (Å²) in [6.45, 7) is 4.44. The van der Waals surface area contributed by atoms with E-state index in [1.54, 1.807) is 19.2 Å². The fraction of sp³-hybridized carbons (Fsp3) is 0.280. The minimum Gasteiger partial charge on any atom is -0.467 e. The summed E-state index contributed by atoms with van der Waals surface area (Å²) in [5.41, 5.74) is 3.94. The Morgan fingerprint density at radius 3 is 2.71 bits per heavy atom. The zero-order chi connectivity index (χ0) is 24.1. The Bertz CT molecular complexity index is 1280. The number of ether oxygens (including phenoxy) is 1. The van der Waals surface area contributed by atoms with Gasteiger partial charge in [0.2, 0.25) is 5.91 Å². The Balaban J connectivity index is 1.77. The van der Waals surface area contributed by atoms with Crippen LogP contribution in [0, 0.1) is 13.8 Å². The molecule has 0 saturated carbocycles. The maximum atomic E-state index is 13.9. The zero-order valence-corrected chi connectivity index (χ0v) is 19.4. The molecule has 9 nitrogen and oxygen atoms in total. The number of amides is 2. The van der Waals surface area contributed by atoms with Crippen LogP contribution >= 0.6 is 0 Å². The molecule has 2 aromatic heterocycles. The second-order valence-electron chi connectivity index (χ2n) is 7.99. The monoisotopic (exact) mass is 461 g/mol. The molecule has 2 amide bonds. The molecule has 4 rings (SSSR count). The predicted molar refractivity (Wildman–Crippen MR) is 127 cm³/mol. The minimum absolute atomic E-state index is 0.101. The molecule has 0 fully saturated rings. The fourth-order valence-corrected chi connectivity index (χ4v) is 3.93. The Kier molecular flexibility index (Phi) is 7.03. The normalized spacial score (nSPS) is 12.0. The predicted octanol–water partition coefficient (Wildman–Crippen LogP) is 3.18. The lowest BCUT2D eigenvalue weighted by Crippen LogP contribution is -2.46. The van der Waals surface area contributed by atoms with Gasteiger partial charge in [-0.15, -0.1) is 5.10 Å². The van der Waals surface area contributed by atoms with Crippen molar-refractivity contribution in [2.24, 2.45) is 0 Å². The molecule has 0 spiro atoms. The van der Waals surface area contributed by atoms with Crippen LogP contribution in [0.5, 0.6) is 0 Å². The van der Waals surface area contributed by atoms with Crippen molar-refractivity contribution in [2.75, 3.05) is 25.2 Å². The molecule has 34 heavy (non-hydrogen) atoms. The highest BCUT2D eigenvalue weighted by Gasteiger charge is 2.35. The first kappa shape index (κ1) is 23.2. The van der Waals surface area contributed by atoms with E-state index in [4.69, 9.17) is 9.15 Å². The summed E-state index contributed by atoms with van der Waals surface area (Å²) in [6, 6.07) is 15.5. The molecule has 0 aliphatic carbocycles. The summed E-state index contributed by atoms with van der Waals surface area (Å²) in [7, 11) is 1.56. The Hall–Kier alpha value is -3.98. The Morgan fingerprint density at radius 2 is 1.97 bits per heavy atom. The second kappa shape index (κ2) is 10.3. The van der Waals surface area contributed by atoms with E-state index < -0.39 is 6.04 Å². The van der Waals surface area contributed by atoms with E-state index in [1.807, 2.05) is 56.3 Å². The van der Waals surface area contributed by atoms with Crippen LogP contribution in [-0.4, -0.2) is 47.1 Å². The average molecular weight is 462 g/mol. The summed E-state index contributed by atoms with van der Waals surface area (Å²) in [5.74, 6) is -0.346. The van der Waals surface area contributed by atoms with Crippen molar-refractivity contribution in [1.82, 2.24) is 20.3 Å². The van der Waals surface area contributed by atoms with Crippen LogP contribution in [0.25, 0.3) is 11.0 Å². The average Bonchev–Trinajstić information content (AvgIpc) is 3.49. The lowest BCUT2D eigenvalue weighted by atomic mass is 10.1. The molecule has 176 valence electrons. The van der Waals surface area contributed by atoms with E-state index in [0.717, 1.165) is 16.6 Å². The smallest absolute Gasteiger partial charge is 0.251 e. The summed E-state index contributed by atoms with van der Waals surface area (Å²) >= 11 is 0. The molecule has 0 saturated heterocycles. The number of furan rings is 1. The summed E-state index contributed by atoms with van der Waals surface area (Å²) in [5, 5.41) is 11.1. The lowest BCUT2D eigenvalue weighted by Gasteiger charge is -2.31. The van der Waals surface area contributed by atoms with Gasteiger partial charge in [0.15, 0.2) is 6.04 Å². The van der Waals surface area contributed by atoms with Crippen molar-refractivity contribution in [3.63, 3.8) is 0 Å². The summed E-state index contributed by atoms with van der Waals surface area (Å²) in [4.78, 5) is 28.7. The summed E-state index contributed by atoms with van der Waals surface area (Å²) in [6.07, 6.45) is 1.49. The molecular weight excluding hydrogens is 434 g/mol. The third-order valence-corrected chi connectivity index (χ3v) is 5.51. The number of hydrogen-bond acceptors (Lipinski definition) is 6. The van der Waals surface area contributed by atoms with Crippen LogP contribution in [-0.2, 0) is 20.9 Å². The number of rotatable bonds is 9. The molecule has 0 aliphatic rings. The van der Waals surface area contributed by atoms with Crippen molar-refractivity contribution in [3.05, 3.63) is 77.7 Å². The SMILES string of the molecule is COCCNC(=O)[C@H](c1ccco1)N(C(=O)Cn1nnc2ccccc21)c1ccc(C)cc1C. The molecule has 0 aliphatic heterocycles. The number of hydrogen-bond donors (Lipinski definition) is 1. The minimum atomic E-state index is -1.02. The Morgan fingerprint density at radius 1 is 1.15 bits per heavy atom. The molecule has 4 aromatic rings. The first-order chi connectivity index (χ1) is 16.5. The fourth-order valence-electron chi connectivity index (χ4n) is 3.93. The number of carbonyl (C=O) groups excluding carboxylic acids is 2. The van der Waals surface area contributed by atoms with E-state index in [-0.39, 0.29) is 18.4 Å². The molecule has 0 unspecified atom stereocenters. The topological polar surface area (TPSA) is 102 Å². The number of nitrogens with zero attached hydrogens (tertiary/aromatic N) is 4. The van der Waals surface area contributed by atoms with Crippen molar-refractivity contribution in [2.45, 2.75) is 26.4 Å². The number of benzene rings is 2. The number of para-hydroxylation sites is 1. The largest absolute Gasteiger partial charge is 0.467 e. The van der Waals surface area contributed by atoms with E-state index in [9.17, 15) is 9.59 Å². The van der Waals surface area contributed by atoms with Gasteiger partial charge in [-0.3, -0.25) is 14.5 Å². The molecule has 1 N–H and O–H groups in total. The maximum Gasteiger partial charge on any atom is 0.251 e. The Labute approximate surface area is 197 Å². The summed E-state index contributed by atoms with van der Waals surface area (Å²) < 4.78 is 12.2. The molecule has 1 atom stereocenters. The van der Waals surface area contributed by atoms with Crippen LogP contribution in [0.15, 0.2) is 65.3 Å². The van der Waals surface area contributed by atoms with Gasteiger partial charge in [0.25, 0.3) is 5.91 Å². The van der Waals surface area contributed by atoms with Crippen molar-refractivity contribution < 1.29 is 18.7 Å². The lowest BCUT2D eigenvalue weighted by molar-refractivity contribution is -0.127. The van der Waals surface area contributed by atoms with E-state index in [0.29, 0.717) is 30.1 Å². The van der Waals surface area contributed by atoms with Crippen molar-refractivity contribution >= 4 is 28.5 Å². The van der Waals surface area contributed by atoms with Gasteiger partial charge < -0.3 is 14.5 Å². The van der Waals surface area contributed by atoms with Crippen LogP contribution in [0.4, 0.5) is 5.69 Å². The molecule has 0 bridgehead atoms. The van der Waals surface area contributed by atoms with Gasteiger partial charge in [-0.05, 0) is 49.7 Å². The molecule has 9 heteroatoms. The third kappa shape index (κ3) is 4.84. The highest BCUT2D eigenvalue weighted by molar-refractivity contribution is 6.01. The highest BCUT2D eigenvalue weighted by atomic mass is 16.5. The first-order valence-corrected chi connectivity index (χ1v) is 11.0. The van der Waals surface area contributed by atoms with Gasteiger partial charge in [-0.25, -0.2) is 4.68 Å². The number of aryl methyl sites for hydroxylation is 2. The number of aromatic nitrogens is 3. The maximum absolute atomic E-state index is 13.9. The third-order valence-electron chi connectivity index (χ3n) is 5.51. The van der Waals surface area contributed by atoms with Crippen LogP contribution in [0.3, 0.4) is 0 Å². The standard InChI is InChI=1S/C25H27N5O4/c1-17-10-11-20(18(2)15-17)30(23(31)16-29-21-8-5-4-7-19(21)27-28-29)24(22-9-6-13-34-22)25(32)26-12-14-33-3/h4-11,13,15,24H,12,14,16H2,1-3H3,(H,26,32)/t24-/m0/s1. The molecule has 0 radical (unpaired) electrons. The number of anilines is 1. The van der Waals surface area contributed by atoms with Gasteiger partial charge in [0.1, 0.15) is 17.8 Å². The van der Waals surface area contributed by atoms with Gasteiger partial charge in [0, 0.05) is 19.3 Å². The van der Waals surface area contributed by atoms with Crippen molar-refractivity contribution in [3.8, 4) is 0 Å². The van der Waals surface area contributed by atoms with Crippen LogP contribution < -0.4 is 10.2 Å². The van der Waals surface area contributed by atoms with Crippen molar-refractivity contribution in [1.29, 1.82) is 0 Å². The van der Waals surface area contributed by atoms with Gasteiger partial charge >= 0.3 is 0 Å². The van der Waals surface area contributed by atoms with Gasteiger partial charge in [0.05, 0.1) is 18.4 Å². The highest BCUT2D eigenvalue weighted by Crippen LogP contribution is 2.32. The molecular formula is C25H27N5O4. The number of nitrogens with one attached hydrogen (secondary N) is 1. The second-order valence-corrected chi connectivity index (χ2v) is 7.99. The van der Waals surface area contributed by atoms with E-state index in [1.165, 1.54) is 15.8 Å². The quantitative estimate of drug-likeness (QED) is 0.384. The van der Waals surface area contributed by atoms with Gasteiger partial charge in [-0.1, -0.05) is 35.0 Å². The van der Waals surface area contributed by atoms with E-state index in [2.05, 4.69) is 15.6 Å². The number of carbonyl (C=O) groups is 2.